The zero-order valence-electron chi connectivity index (χ0n) is 22.5. The van der Waals surface area contributed by atoms with Crippen LogP contribution in [0.15, 0.2) is 91.0 Å². The largest absolute Gasteiger partial charge is 0.374 e. The van der Waals surface area contributed by atoms with Gasteiger partial charge in [-0.3, -0.25) is 0 Å². The molecule has 7 nitrogen and oxygen atoms in total. The molecule has 0 saturated carbocycles. The second kappa shape index (κ2) is 15.1. The fraction of sp³-hybridized carbons (Fsp3) is 0.400. The summed E-state index contributed by atoms with van der Waals surface area (Å²) in [5.74, 6) is -0.658. The minimum Gasteiger partial charge on any atom is -0.374 e. The van der Waals surface area contributed by atoms with Crippen LogP contribution in [-0.4, -0.2) is 44.4 Å². The number of rotatable bonds is 16. The molecule has 0 bridgehead atoms. The van der Waals surface area contributed by atoms with Gasteiger partial charge < -0.3 is 32.5 Å². The predicted octanol–water partition coefficient (Wildman–Crippen LogP) is 6.41. The smallest absolute Gasteiger partial charge is 0.327 e. The van der Waals surface area contributed by atoms with Gasteiger partial charge in [0.2, 0.25) is 0 Å². The summed E-state index contributed by atoms with van der Waals surface area (Å²) in [5.41, 5.74) is 3.12. The van der Waals surface area contributed by atoms with E-state index in [9.17, 15) is 0 Å². The third-order valence-corrected chi connectivity index (χ3v) is 8.20. The van der Waals surface area contributed by atoms with E-state index in [1.807, 2.05) is 105 Å². The highest BCUT2D eigenvalue weighted by molar-refractivity contribution is 8.07. The van der Waals surface area contributed by atoms with Gasteiger partial charge in [-0.05, 0) is 42.3 Å². The van der Waals surface area contributed by atoms with Crippen LogP contribution in [0.5, 0.6) is 0 Å². The van der Waals surface area contributed by atoms with Crippen molar-refractivity contribution in [3.63, 3.8) is 0 Å². The van der Waals surface area contributed by atoms with Gasteiger partial charge in [0.25, 0.3) is 0 Å². The van der Waals surface area contributed by atoms with Gasteiger partial charge in [-0.2, -0.15) is 0 Å². The monoisotopic (exact) mass is 572 g/mol. The van der Waals surface area contributed by atoms with Gasteiger partial charge in [0.1, 0.15) is 12.2 Å². The molecule has 0 radical (unpaired) electrons. The molecule has 1 aliphatic rings. The standard InChI is InChI=1S/C30H37O7PS/c1-30(2)33-22-29(37-30)24-36-38(39,34-20-27-16-10-5-11-17-27)35-23-28(32-19-26-14-8-4-9-15-26)21-31-18-25-12-6-3-7-13-25/h3-17,28-29H,18-24H2,1-2H3. The molecule has 4 rings (SSSR count). The van der Waals surface area contributed by atoms with E-state index >= 15 is 0 Å². The molecule has 39 heavy (non-hydrogen) atoms. The van der Waals surface area contributed by atoms with E-state index in [2.05, 4.69) is 0 Å². The quantitative estimate of drug-likeness (QED) is 0.182. The van der Waals surface area contributed by atoms with Gasteiger partial charge in [-0.1, -0.05) is 91.0 Å². The van der Waals surface area contributed by atoms with Crippen LogP contribution < -0.4 is 0 Å². The minimum atomic E-state index is -3.16. The van der Waals surface area contributed by atoms with Crippen molar-refractivity contribution >= 4 is 18.5 Å². The summed E-state index contributed by atoms with van der Waals surface area (Å²) >= 11 is 5.83. The molecule has 0 spiro atoms. The van der Waals surface area contributed by atoms with Crippen molar-refractivity contribution in [2.24, 2.45) is 0 Å². The van der Waals surface area contributed by atoms with E-state index < -0.39 is 12.5 Å². The van der Waals surface area contributed by atoms with Gasteiger partial charge in [-0.25, -0.2) is 0 Å². The molecule has 0 aromatic heterocycles. The molecule has 3 aromatic rings. The lowest BCUT2D eigenvalue weighted by Crippen LogP contribution is -2.26. The first-order valence-electron chi connectivity index (χ1n) is 13.1. The van der Waals surface area contributed by atoms with Crippen molar-refractivity contribution in [2.75, 3.05) is 26.4 Å². The molecule has 1 aliphatic heterocycles. The fourth-order valence-corrected chi connectivity index (χ4v) is 5.60. The molecular weight excluding hydrogens is 535 g/mol. The van der Waals surface area contributed by atoms with Gasteiger partial charge in [0.15, 0.2) is 5.79 Å². The van der Waals surface area contributed by atoms with Gasteiger partial charge in [0.05, 0.1) is 46.2 Å². The summed E-state index contributed by atoms with van der Waals surface area (Å²) in [6.07, 6.45) is -0.643. The molecule has 3 aromatic carbocycles. The molecule has 9 heteroatoms. The number of ether oxygens (including phenoxy) is 4. The highest BCUT2D eigenvalue weighted by Crippen LogP contribution is 2.51. The zero-order chi connectivity index (χ0) is 27.4. The van der Waals surface area contributed by atoms with Gasteiger partial charge in [-0.15, -0.1) is 0 Å². The molecule has 0 amide bonds. The fourth-order valence-electron chi connectivity index (χ4n) is 3.85. The summed E-state index contributed by atoms with van der Waals surface area (Å²) < 4.78 is 42.1. The Morgan fingerprint density at radius 1 is 0.769 bits per heavy atom. The first-order chi connectivity index (χ1) is 18.9. The molecule has 3 unspecified atom stereocenters. The maximum absolute atomic E-state index is 6.20. The van der Waals surface area contributed by atoms with Crippen LogP contribution in [0, 0.1) is 0 Å². The van der Waals surface area contributed by atoms with Crippen molar-refractivity contribution < 1.29 is 32.5 Å². The third-order valence-electron chi connectivity index (χ3n) is 5.88. The van der Waals surface area contributed by atoms with Crippen molar-refractivity contribution in [1.29, 1.82) is 0 Å². The number of hydrogen-bond acceptors (Lipinski definition) is 8. The zero-order valence-corrected chi connectivity index (χ0v) is 24.2. The third kappa shape index (κ3) is 10.8. The Labute approximate surface area is 236 Å². The Morgan fingerprint density at radius 3 is 1.90 bits per heavy atom. The average Bonchev–Trinajstić information content (AvgIpc) is 3.32. The van der Waals surface area contributed by atoms with E-state index in [1.165, 1.54) is 0 Å². The summed E-state index contributed by atoms with van der Waals surface area (Å²) in [5, 5.41) is 0. The molecule has 210 valence electrons. The van der Waals surface area contributed by atoms with E-state index in [-0.39, 0.29) is 32.0 Å². The molecule has 1 heterocycles. The van der Waals surface area contributed by atoms with Crippen LogP contribution in [0.2, 0.25) is 0 Å². The topological polar surface area (TPSA) is 64.6 Å². The van der Waals surface area contributed by atoms with E-state index in [0.717, 1.165) is 16.7 Å². The Balaban J connectivity index is 1.38. The van der Waals surface area contributed by atoms with Gasteiger partial charge >= 0.3 is 6.72 Å². The summed E-state index contributed by atoms with van der Waals surface area (Å²) in [6, 6.07) is 29.8. The number of benzene rings is 3. The molecule has 0 N–H and O–H groups in total. The molecule has 3 atom stereocenters. The second-order valence-electron chi connectivity index (χ2n) is 9.67. The van der Waals surface area contributed by atoms with Crippen LogP contribution in [0.1, 0.15) is 30.5 Å². The Hall–Kier alpha value is -1.97. The minimum absolute atomic E-state index is 0.154. The normalized spacial score (nSPS) is 19.0. The van der Waals surface area contributed by atoms with Crippen molar-refractivity contribution in [3.05, 3.63) is 108 Å². The van der Waals surface area contributed by atoms with Crippen molar-refractivity contribution in [2.45, 2.75) is 51.7 Å². The average molecular weight is 573 g/mol. The lowest BCUT2D eigenvalue weighted by atomic mass is 10.2. The summed E-state index contributed by atoms with van der Waals surface area (Å²) in [4.78, 5) is 0. The summed E-state index contributed by atoms with van der Waals surface area (Å²) in [7, 11) is 0. The lowest BCUT2D eigenvalue weighted by Gasteiger charge is -2.26. The maximum Gasteiger partial charge on any atom is 0.327 e. The van der Waals surface area contributed by atoms with E-state index in [1.54, 1.807) is 0 Å². The molecule has 1 fully saturated rings. The summed E-state index contributed by atoms with van der Waals surface area (Å²) in [6.45, 7) is 2.83. The highest BCUT2D eigenvalue weighted by Gasteiger charge is 2.35. The van der Waals surface area contributed by atoms with Crippen LogP contribution >= 0.6 is 6.72 Å². The van der Waals surface area contributed by atoms with Crippen LogP contribution in [0.25, 0.3) is 0 Å². The molecule has 1 saturated heterocycles. The van der Waals surface area contributed by atoms with E-state index in [4.69, 9.17) is 44.3 Å². The van der Waals surface area contributed by atoms with Crippen molar-refractivity contribution in [3.8, 4) is 0 Å². The predicted molar refractivity (Wildman–Crippen MR) is 153 cm³/mol. The second-order valence-corrected chi connectivity index (χ2v) is 12.7. The van der Waals surface area contributed by atoms with Crippen LogP contribution in [0.3, 0.4) is 0 Å². The lowest BCUT2D eigenvalue weighted by molar-refractivity contribution is -0.142. The van der Waals surface area contributed by atoms with Gasteiger partial charge in [0, 0.05) is 0 Å². The first kappa shape index (κ1) is 30.0. The first-order valence-corrected chi connectivity index (χ1v) is 15.6. The maximum atomic E-state index is 6.20. The van der Waals surface area contributed by atoms with Crippen LogP contribution in [-0.2, 0) is 64.1 Å². The Morgan fingerprint density at radius 2 is 1.33 bits per heavy atom. The Kier molecular flexibility index (Phi) is 11.6. The Bertz CT molecular complexity index is 1150. The highest BCUT2D eigenvalue weighted by atomic mass is 32.5. The SMILES string of the molecule is CC1(C)OCC(COP(=S)(OCc2ccccc2)OCC(COCc2ccccc2)OCc2ccccc2)O1. The van der Waals surface area contributed by atoms with Crippen molar-refractivity contribution in [1.82, 2.24) is 0 Å². The molecule has 0 aliphatic carbocycles. The van der Waals surface area contributed by atoms with Crippen LogP contribution in [0.4, 0.5) is 0 Å². The van der Waals surface area contributed by atoms with E-state index in [0.29, 0.717) is 26.4 Å². The molecular formula is C30H37O7PS. The number of hydrogen-bond donors (Lipinski definition) is 0.